The number of hydrogen-bond donors (Lipinski definition) is 2. The highest BCUT2D eigenvalue weighted by Gasteiger charge is 2.28. The molecule has 0 radical (unpaired) electrons. The Morgan fingerprint density at radius 3 is 2.42 bits per heavy atom. The number of oxime groups is 1. The summed E-state index contributed by atoms with van der Waals surface area (Å²) in [5, 5.41) is 10.5. The van der Waals surface area contributed by atoms with E-state index in [4.69, 9.17) is 32.8 Å². The van der Waals surface area contributed by atoms with Gasteiger partial charge in [0.2, 0.25) is 6.10 Å². The van der Waals surface area contributed by atoms with Crippen LogP contribution in [0, 0.1) is 6.92 Å². The van der Waals surface area contributed by atoms with Gasteiger partial charge in [-0.25, -0.2) is 4.79 Å². The zero-order chi connectivity index (χ0) is 27.1. The van der Waals surface area contributed by atoms with Crippen LogP contribution in [0.15, 0.2) is 71.9 Å². The normalized spacial score (nSPS) is 15.1. The van der Waals surface area contributed by atoms with E-state index in [1.54, 1.807) is 61.7 Å². The maximum Gasteiger partial charge on any atom is 0.412 e. The number of carbonyl (C=O) groups is 2. The predicted octanol–water partition coefficient (Wildman–Crippen LogP) is 7.18. The largest absolute Gasteiger partial charge is 0.431 e. The zero-order valence-corrected chi connectivity index (χ0v) is 22.6. The highest BCUT2D eigenvalue weighted by molar-refractivity contribution is 6.31. The average molecular weight is 555 g/mol. The topological polar surface area (TPSA) is 92.3 Å². The number of nitrogens with one attached hydrogen (secondary N) is 2. The number of benzene rings is 3. The molecule has 198 valence electrons. The zero-order valence-electron chi connectivity index (χ0n) is 21.0. The summed E-state index contributed by atoms with van der Waals surface area (Å²) in [6.07, 6.45) is 0.838. The Morgan fingerprint density at radius 1 is 0.974 bits per heavy atom. The number of rotatable bonds is 7. The first kappa shape index (κ1) is 27.3. The highest BCUT2D eigenvalue weighted by Crippen LogP contribution is 2.30. The van der Waals surface area contributed by atoms with Gasteiger partial charge in [-0.05, 0) is 73.9 Å². The lowest BCUT2D eigenvalue weighted by Crippen LogP contribution is -2.36. The summed E-state index contributed by atoms with van der Waals surface area (Å²) in [7, 11) is 1.54. The van der Waals surface area contributed by atoms with Crippen molar-refractivity contribution in [3.8, 4) is 0 Å². The van der Waals surface area contributed by atoms with Crippen molar-refractivity contribution < 1.29 is 19.2 Å². The van der Waals surface area contributed by atoms with Crippen molar-refractivity contribution in [2.75, 3.05) is 29.2 Å². The molecule has 1 atom stereocenters. The Hall–Kier alpha value is -3.75. The summed E-state index contributed by atoms with van der Waals surface area (Å²) in [5.41, 5.74) is 3.32. The molecule has 3 aromatic rings. The van der Waals surface area contributed by atoms with E-state index in [1.165, 1.54) is 0 Å². The van der Waals surface area contributed by atoms with Crippen LogP contribution in [0.5, 0.6) is 0 Å². The Kier molecular flexibility index (Phi) is 9.10. The van der Waals surface area contributed by atoms with Crippen LogP contribution in [0.25, 0.3) is 0 Å². The van der Waals surface area contributed by atoms with Crippen molar-refractivity contribution in [2.24, 2.45) is 5.16 Å². The molecule has 0 aliphatic carbocycles. The lowest BCUT2D eigenvalue weighted by molar-refractivity contribution is -0.124. The second kappa shape index (κ2) is 12.7. The van der Waals surface area contributed by atoms with Gasteiger partial charge in [0.05, 0.1) is 0 Å². The molecule has 0 bridgehead atoms. The van der Waals surface area contributed by atoms with Crippen molar-refractivity contribution >= 4 is 58.1 Å². The number of amidine groups is 1. The number of carbonyl (C=O) groups excluding carboxylic acids is 2. The van der Waals surface area contributed by atoms with Gasteiger partial charge in [0.15, 0.2) is 0 Å². The fraction of sp³-hybridized carbons (Fsp3) is 0.250. The number of nitrogens with zero attached hydrogens (tertiary/aromatic N) is 2. The van der Waals surface area contributed by atoms with Gasteiger partial charge in [-0.15, -0.1) is 0 Å². The van der Waals surface area contributed by atoms with Crippen LogP contribution in [-0.2, 0) is 14.4 Å². The molecule has 2 N–H and O–H groups in total. The van der Waals surface area contributed by atoms with E-state index in [0.717, 1.165) is 42.9 Å². The van der Waals surface area contributed by atoms with Crippen molar-refractivity contribution in [1.82, 2.24) is 0 Å². The van der Waals surface area contributed by atoms with Crippen LogP contribution in [0.3, 0.4) is 0 Å². The number of halogens is 2. The maximum absolute atomic E-state index is 13.4. The van der Waals surface area contributed by atoms with Gasteiger partial charge in [-0.3, -0.25) is 10.1 Å². The van der Waals surface area contributed by atoms with E-state index in [9.17, 15) is 9.59 Å². The van der Waals surface area contributed by atoms with Crippen LogP contribution in [0.2, 0.25) is 10.0 Å². The average Bonchev–Trinajstić information content (AvgIpc) is 2.90. The van der Waals surface area contributed by atoms with Gasteiger partial charge in [0, 0.05) is 45.6 Å². The van der Waals surface area contributed by atoms with Crippen LogP contribution < -0.4 is 15.5 Å². The molecule has 10 heteroatoms. The number of amides is 2. The standard InChI is InChI=1S/C28H28Cl2N4O4/c1-18-17-21(14-15-24(18)34-16-6-5-9-25(34)33-37-2)31-27(35)26(22-7-3-4-8-23(22)30)38-28(36)32-20-12-10-19(29)11-13-20/h3-4,7-8,10-15,17,26H,5-6,9,16H2,1-2H3,(H,31,35)(H,32,36)/t26-/m1/s1. The lowest BCUT2D eigenvalue weighted by Gasteiger charge is -2.31. The molecule has 1 saturated heterocycles. The van der Waals surface area contributed by atoms with Crippen LogP contribution in [0.1, 0.15) is 36.5 Å². The molecule has 2 amide bonds. The second-order valence-corrected chi connectivity index (χ2v) is 9.57. The first-order valence-corrected chi connectivity index (χ1v) is 12.9. The van der Waals surface area contributed by atoms with E-state index in [1.807, 2.05) is 19.1 Å². The molecule has 0 unspecified atom stereocenters. The van der Waals surface area contributed by atoms with E-state index < -0.39 is 18.1 Å². The van der Waals surface area contributed by atoms with Gasteiger partial charge in [-0.1, -0.05) is 46.6 Å². The minimum Gasteiger partial charge on any atom is -0.431 e. The molecular formula is C28H28Cl2N4O4. The molecule has 0 saturated carbocycles. The molecule has 3 aromatic carbocycles. The quantitative estimate of drug-likeness (QED) is 0.302. The molecule has 38 heavy (non-hydrogen) atoms. The Bertz CT molecular complexity index is 1330. The van der Waals surface area contributed by atoms with Crippen LogP contribution >= 0.6 is 23.2 Å². The molecular weight excluding hydrogens is 527 g/mol. The predicted molar refractivity (Wildman–Crippen MR) is 151 cm³/mol. The summed E-state index contributed by atoms with van der Waals surface area (Å²) in [5.74, 6) is 0.327. The van der Waals surface area contributed by atoms with Crippen molar-refractivity contribution in [3.63, 3.8) is 0 Å². The number of ether oxygens (including phenoxy) is 1. The first-order valence-electron chi connectivity index (χ1n) is 12.1. The molecule has 8 nitrogen and oxygen atoms in total. The van der Waals surface area contributed by atoms with E-state index in [-0.39, 0.29) is 0 Å². The number of anilines is 3. The maximum atomic E-state index is 13.4. The Labute approximate surface area is 231 Å². The third kappa shape index (κ3) is 6.76. The van der Waals surface area contributed by atoms with Gasteiger partial charge in [0.25, 0.3) is 5.91 Å². The van der Waals surface area contributed by atoms with E-state index in [2.05, 4.69) is 20.7 Å². The van der Waals surface area contributed by atoms with Crippen molar-refractivity contribution in [3.05, 3.63) is 87.9 Å². The third-order valence-electron chi connectivity index (χ3n) is 6.04. The summed E-state index contributed by atoms with van der Waals surface area (Å²) < 4.78 is 5.56. The highest BCUT2D eigenvalue weighted by atomic mass is 35.5. The number of aryl methyl sites for hydroxylation is 1. The van der Waals surface area contributed by atoms with Crippen LogP contribution in [0.4, 0.5) is 21.9 Å². The molecule has 0 aromatic heterocycles. The van der Waals surface area contributed by atoms with E-state index >= 15 is 0 Å². The molecule has 0 spiro atoms. The van der Waals surface area contributed by atoms with Gasteiger partial charge in [0.1, 0.15) is 12.9 Å². The fourth-order valence-corrected chi connectivity index (χ4v) is 4.62. The summed E-state index contributed by atoms with van der Waals surface area (Å²) in [4.78, 5) is 33.2. The van der Waals surface area contributed by atoms with Crippen molar-refractivity contribution in [1.29, 1.82) is 0 Å². The summed E-state index contributed by atoms with van der Waals surface area (Å²) >= 11 is 12.3. The smallest absolute Gasteiger partial charge is 0.412 e. The molecule has 1 aliphatic heterocycles. The molecule has 1 fully saturated rings. The second-order valence-electron chi connectivity index (χ2n) is 8.73. The van der Waals surface area contributed by atoms with Crippen molar-refractivity contribution in [2.45, 2.75) is 32.3 Å². The van der Waals surface area contributed by atoms with Gasteiger partial charge < -0.3 is 19.8 Å². The van der Waals surface area contributed by atoms with E-state index in [0.29, 0.717) is 27.0 Å². The molecule has 1 heterocycles. The molecule has 1 aliphatic rings. The van der Waals surface area contributed by atoms with Gasteiger partial charge in [-0.2, -0.15) is 0 Å². The Morgan fingerprint density at radius 2 is 1.71 bits per heavy atom. The third-order valence-corrected chi connectivity index (χ3v) is 6.63. The number of piperidine rings is 1. The summed E-state index contributed by atoms with van der Waals surface area (Å²) in [6, 6.07) is 18.9. The monoisotopic (exact) mass is 554 g/mol. The van der Waals surface area contributed by atoms with Crippen LogP contribution in [-0.4, -0.2) is 31.5 Å². The first-order chi connectivity index (χ1) is 18.4. The molecule has 4 rings (SSSR count). The summed E-state index contributed by atoms with van der Waals surface area (Å²) in [6.45, 7) is 2.80. The Balaban J connectivity index is 1.53. The SMILES string of the molecule is CON=C1CCCCN1c1ccc(NC(=O)[C@H](OC(=O)Nc2ccc(Cl)cc2)c2ccccc2Cl)cc1C. The minimum absolute atomic E-state index is 0.300. The fourth-order valence-electron chi connectivity index (χ4n) is 4.25. The number of hydrogen-bond acceptors (Lipinski definition) is 5. The van der Waals surface area contributed by atoms with Gasteiger partial charge >= 0.3 is 6.09 Å². The minimum atomic E-state index is -1.29. The lowest BCUT2D eigenvalue weighted by atomic mass is 10.1.